The van der Waals surface area contributed by atoms with Gasteiger partial charge in [0.1, 0.15) is 0 Å². The van der Waals surface area contributed by atoms with Crippen LogP contribution in [-0.2, 0) is 13.3 Å². The average Bonchev–Trinajstić information content (AvgIpc) is 2.64. The molecule has 2 aromatic rings. The molecule has 0 bridgehead atoms. The average molecular weight is 392 g/mol. The van der Waals surface area contributed by atoms with Crippen molar-refractivity contribution in [2.24, 2.45) is 0 Å². The van der Waals surface area contributed by atoms with Gasteiger partial charge in [-0.1, -0.05) is 0 Å². The van der Waals surface area contributed by atoms with E-state index in [1.54, 1.807) is 21.3 Å². The van der Waals surface area contributed by atoms with Gasteiger partial charge >= 0.3 is 145 Å². The molecule has 0 saturated carbocycles. The molecule has 5 heteroatoms. The molecule has 0 aliphatic heterocycles. The fraction of sp³-hybridized carbons (Fsp3) is 0.333. The molecule has 1 atom stereocenters. The first-order chi connectivity index (χ1) is 11.2. The standard InChI is InChI=1S/C18H25AsO3Si/c1-5-18(23(20-2,21-3)22-4)19(16-12-8-6-9-13-16)17-14-10-7-11-15-17/h6-15,18H,5H2,1-4H3. The Bertz CT molecular complexity index is 528. The van der Waals surface area contributed by atoms with E-state index < -0.39 is 23.5 Å². The molecule has 0 fully saturated rings. The van der Waals surface area contributed by atoms with Crippen molar-refractivity contribution in [3.8, 4) is 0 Å². The third-order valence-electron chi connectivity index (χ3n) is 4.03. The minimum atomic E-state index is -2.71. The van der Waals surface area contributed by atoms with Crippen molar-refractivity contribution >= 4 is 32.2 Å². The van der Waals surface area contributed by atoms with Crippen LogP contribution in [0.4, 0.5) is 0 Å². The zero-order chi connectivity index (χ0) is 16.7. The van der Waals surface area contributed by atoms with Crippen molar-refractivity contribution in [1.82, 2.24) is 0 Å². The van der Waals surface area contributed by atoms with E-state index in [-0.39, 0.29) is 0 Å². The fourth-order valence-corrected chi connectivity index (χ4v) is 15.6. The van der Waals surface area contributed by atoms with Crippen molar-refractivity contribution in [3.63, 3.8) is 0 Å². The molecule has 0 heterocycles. The van der Waals surface area contributed by atoms with Crippen LogP contribution in [-0.4, -0.2) is 44.8 Å². The maximum atomic E-state index is 5.84. The summed E-state index contributed by atoms with van der Waals surface area (Å²) in [5.74, 6) is 0. The molecular weight excluding hydrogens is 367 g/mol. The Balaban J connectivity index is 2.56. The molecule has 3 nitrogen and oxygen atoms in total. The summed E-state index contributed by atoms with van der Waals surface area (Å²) in [5.41, 5.74) is 0. The zero-order valence-corrected chi connectivity index (χ0v) is 17.1. The second-order valence-electron chi connectivity index (χ2n) is 5.18. The molecule has 0 aliphatic carbocycles. The Morgan fingerprint density at radius 3 is 1.48 bits per heavy atom. The van der Waals surface area contributed by atoms with Gasteiger partial charge in [0.2, 0.25) is 0 Å². The van der Waals surface area contributed by atoms with Gasteiger partial charge in [-0.05, 0) is 0 Å². The van der Waals surface area contributed by atoms with Crippen LogP contribution in [0.25, 0.3) is 0 Å². The van der Waals surface area contributed by atoms with E-state index >= 15 is 0 Å². The van der Waals surface area contributed by atoms with Gasteiger partial charge in [-0.3, -0.25) is 0 Å². The van der Waals surface area contributed by atoms with Gasteiger partial charge in [-0.2, -0.15) is 0 Å². The number of hydrogen-bond acceptors (Lipinski definition) is 3. The zero-order valence-electron chi connectivity index (χ0n) is 14.2. The summed E-state index contributed by atoms with van der Waals surface area (Å²) >= 11 is -1.64. The second-order valence-corrected chi connectivity index (χ2v) is 14.4. The fourth-order valence-electron chi connectivity index (χ4n) is 2.93. The third-order valence-corrected chi connectivity index (χ3v) is 16.0. The monoisotopic (exact) mass is 392 g/mol. The number of rotatable bonds is 8. The number of hydrogen-bond donors (Lipinski definition) is 0. The van der Waals surface area contributed by atoms with Crippen LogP contribution < -0.4 is 8.70 Å². The maximum absolute atomic E-state index is 5.84. The van der Waals surface area contributed by atoms with Gasteiger partial charge in [-0.25, -0.2) is 0 Å². The molecule has 0 spiro atoms. The topological polar surface area (TPSA) is 27.7 Å². The van der Waals surface area contributed by atoms with Crippen LogP contribution in [0.15, 0.2) is 60.7 Å². The van der Waals surface area contributed by atoms with Gasteiger partial charge in [0, 0.05) is 0 Å². The first-order valence-corrected chi connectivity index (χ1v) is 12.5. The quantitative estimate of drug-likeness (QED) is 0.646. The van der Waals surface area contributed by atoms with E-state index in [1.165, 1.54) is 8.70 Å². The van der Waals surface area contributed by atoms with E-state index in [0.717, 1.165) is 6.42 Å². The van der Waals surface area contributed by atoms with Gasteiger partial charge in [0.15, 0.2) is 0 Å². The first-order valence-electron chi connectivity index (χ1n) is 7.77. The minimum absolute atomic E-state index is 0.291. The molecular formula is C18H25AsO3Si. The molecule has 0 saturated heterocycles. The van der Waals surface area contributed by atoms with Crippen molar-refractivity contribution in [3.05, 3.63) is 60.7 Å². The predicted molar refractivity (Wildman–Crippen MR) is 98.7 cm³/mol. The number of benzene rings is 2. The van der Waals surface area contributed by atoms with Crippen LogP contribution in [0.2, 0.25) is 4.33 Å². The Morgan fingerprint density at radius 2 is 1.17 bits per heavy atom. The molecule has 2 rings (SSSR count). The molecule has 0 N–H and O–H groups in total. The first kappa shape index (κ1) is 18.4. The Kier molecular flexibility index (Phi) is 7.06. The summed E-state index contributed by atoms with van der Waals surface area (Å²) in [5, 5.41) is 0. The molecule has 0 aliphatic rings. The normalized spacial score (nSPS) is 13.3. The van der Waals surface area contributed by atoms with Crippen molar-refractivity contribution in [1.29, 1.82) is 0 Å². The molecule has 2 aromatic carbocycles. The van der Waals surface area contributed by atoms with Crippen LogP contribution in [0.1, 0.15) is 13.3 Å². The molecule has 124 valence electrons. The SMILES string of the molecule is CCC([As](c1ccccc1)c1ccccc1)[Si](OC)(OC)OC. The van der Waals surface area contributed by atoms with Crippen molar-refractivity contribution in [2.45, 2.75) is 17.7 Å². The third kappa shape index (κ3) is 3.96. The van der Waals surface area contributed by atoms with E-state index in [4.69, 9.17) is 13.3 Å². The molecule has 23 heavy (non-hydrogen) atoms. The summed E-state index contributed by atoms with van der Waals surface area (Å²) in [6, 6.07) is 21.5. The summed E-state index contributed by atoms with van der Waals surface area (Å²) in [6.45, 7) is 2.21. The summed E-state index contributed by atoms with van der Waals surface area (Å²) < 4.78 is 20.6. The molecule has 0 amide bonds. The van der Waals surface area contributed by atoms with Crippen LogP contribution in [0.3, 0.4) is 0 Å². The van der Waals surface area contributed by atoms with Crippen molar-refractivity contribution in [2.75, 3.05) is 21.3 Å². The second kappa shape index (κ2) is 8.81. The van der Waals surface area contributed by atoms with E-state index in [2.05, 4.69) is 67.6 Å². The van der Waals surface area contributed by atoms with Gasteiger partial charge in [-0.15, -0.1) is 0 Å². The van der Waals surface area contributed by atoms with E-state index in [1.807, 2.05) is 0 Å². The van der Waals surface area contributed by atoms with Crippen LogP contribution >= 0.6 is 0 Å². The van der Waals surface area contributed by atoms with Gasteiger partial charge < -0.3 is 0 Å². The Hall–Kier alpha value is -0.905. The predicted octanol–water partition coefficient (Wildman–Crippen LogP) is 2.49. The molecule has 0 radical (unpaired) electrons. The molecule has 0 aromatic heterocycles. The van der Waals surface area contributed by atoms with E-state index in [9.17, 15) is 0 Å². The van der Waals surface area contributed by atoms with Gasteiger partial charge in [0.25, 0.3) is 0 Å². The van der Waals surface area contributed by atoms with Crippen molar-refractivity contribution < 1.29 is 13.3 Å². The van der Waals surface area contributed by atoms with Gasteiger partial charge in [0.05, 0.1) is 0 Å². The van der Waals surface area contributed by atoms with Crippen LogP contribution in [0.5, 0.6) is 0 Å². The van der Waals surface area contributed by atoms with E-state index in [0.29, 0.717) is 4.33 Å². The summed E-state index contributed by atoms with van der Waals surface area (Å²) in [7, 11) is 2.43. The Morgan fingerprint density at radius 1 is 0.783 bits per heavy atom. The summed E-state index contributed by atoms with van der Waals surface area (Å²) in [4.78, 5) is 0. The summed E-state index contributed by atoms with van der Waals surface area (Å²) in [6.07, 6.45) is 0.978. The Labute approximate surface area is 145 Å². The van der Waals surface area contributed by atoms with Crippen LogP contribution in [0, 0.1) is 0 Å². The molecule has 1 unspecified atom stereocenters.